The highest BCUT2D eigenvalue weighted by atomic mass is 14.7. The fraction of sp³-hybridized carbons (Fsp3) is 0.111. The Labute approximate surface area is 124 Å². The van der Waals surface area contributed by atoms with E-state index in [-0.39, 0.29) is 6.04 Å². The third-order valence-corrected chi connectivity index (χ3v) is 3.54. The van der Waals surface area contributed by atoms with E-state index in [0.29, 0.717) is 0 Å². The molecule has 0 aliphatic carbocycles. The van der Waals surface area contributed by atoms with Crippen LogP contribution in [0, 0.1) is 0 Å². The summed E-state index contributed by atoms with van der Waals surface area (Å²) in [6, 6.07) is 16.4. The van der Waals surface area contributed by atoms with E-state index in [2.05, 4.69) is 34.2 Å². The molecule has 1 unspecified atom stereocenters. The van der Waals surface area contributed by atoms with Crippen molar-refractivity contribution in [2.24, 2.45) is 5.73 Å². The number of nitrogens with zero attached hydrogens (tertiary/aromatic N) is 2. The van der Waals surface area contributed by atoms with Gasteiger partial charge in [-0.3, -0.25) is 9.97 Å². The molecule has 0 radical (unpaired) electrons. The summed E-state index contributed by atoms with van der Waals surface area (Å²) in [5.41, 5.74) is 10.9. The number of aromatic nitrogens is 2. The van der Waals surface area contributed by atoms with Crippen molar-refractivity contribution in [1.82, 2.24) is 9.97 Å². The second kappa shape index (κ2) is 6.29. The van der Waals surface area contributed by atoms with E-state index in [9.17, 15) is 0 Å². The zero-order chi connectivity index (χ0) is 14.5. The largest absolute Gasteiger partial charge is 0.324 e. The number of rotatable bonds is 4. The average Bonchev–Trinajstić information content (AvgIpc) is 2.57. The van der Waals surface area contributed by atoms with Crippen LogP contribution in [-0.4, -0.2) is 9.97 Å². The third kappa shape index (κ3) is 3.33. The Balaban J connectivity index is 1.73. The minimum Gasteiger partial charge on any atom is -0.324 e. The zero-order valence-corrected chi connectivity index (χ0v) is 11.7. The van der Waals surface area contributed by atoms with E-state index >= 15 is 0 Å². The second-order valence-corrected chi connectivity index (χ2v) is 5.03. The Morgan fingerprint density at radius 2 is 1.52 bits per heavy atom. The molecule has 0 amide bonds. The van der Waals surface area contributed by atoms with Gasteiger partial charge in [0, 0.05) is 30.8 Å². The van der Waals surface area contributed by atoms with E-state index in [0.717, 1.165) is 12.0 Å². The normalized spacial score (nSPS) is 12.0. The van der Waals surface area contributed by atoms with Crippen molar-refractivity contribution in [2.75, 3.05) is 0 Å². The molecule has 2 heterocycles. The number of nitrogens with two attached hydrogens (primary N) is 1. The highest BCUT2D eigenvalue weighted by Crippen LogP contribution is 2.21. The number of hydrogen-bond donors (Lipinski definition) is 1. The monoisotopic (exact) mass is 275 g/mol. The first kappa shape index (κ1) is 13.5. The molecular formula is C18H17N3. The van der Waals surface area contributed by atoms with Crippen LogP contribution in [0.25, 0.3) is 11.1 Å². The van der Waals surface area contributed by atoms with E-state index in [4.69, 9.17) is 5.73 Å². The van der Waals surface area contributed by atoms with Crippen molar-refractivity contribution in [1.29, 1.82) is 0 Å². The molecule has 0 fully saturated rings. The lowest BCUT2D eigenvalue weighted by atomic mass is 9.99. The van der Waals surface area contributed by atoms with Gasteiger partial charge < -0.3 is 5.73 Å². The highest BCUT2D eigenvalue weighted by Gasteiger charge is 2.07. The molecule has 104 valence electrons. The van der Waals surface area contributed by atoms with Crippen LogP contribution in [0.5, 0.6) is 0 Å². The standard InChI is InChI=1S/C18H17N3/c19-18(17-2-1-9-21-13-17)12-14-3-5-15(6-4-14)16-7-10-20-11-8-16/h1-11,13,18H,12,19H2. The molecule has 0 aliphatic rings. The van der Waals surface area contributed by atoms with Crippen LogP contribution >= 0.6 is 0 Å². The Kier molecular flexibility index (Phi) is 4.03. The molecule has 0 bridgehead atoms. The molecule has 0 saturated heterocycles. The van der Waals surface area contributed by atoms with Gasteiger partial charge in [0.15, 0.2) is 0 Å². The van der Waals surface area contributed by atoms with Gasteiger partial charge >= 0.3 is 0 Å². The fourth-order valence-corrected chi connectivity index (χ4v) is 2.34. The van der Waals surface area contributed by atoms with Gasteiger partial charge in [-0.1, -0.05) is 30.3 Å². The van der Waals surface area contributed by atoms with Crippen molar-refractivity contribution >= 4 is 0 Å². The SMILES string of the molecule is NC(Cc1ccc(-c2ccncc2)cc1)c1cccnc1. The number of benzene rings is 1. The van der Waals surface area contributed by atoms with Gasteiger partial charge in [-0.05, 0) is 46.9 Å². The highest BCUT2D eigenvalue weighted by molar-refractivity contribution is 5.62. The van der Waals surface area contributed by atoms with Crippen molar-refractivity contribution in [3.8, 4) is 11.1 Å². The molecule has 0 saturated carbocycles. The van der Waals surface area contributed by atoms with Crippen LogP contribution in [0.3, 0.4) is 0 Å². The molecule has 2 aromatic heterocycles. The molecule has 2 N–H and O–H groups in total. The topological polar surface area (TPSA) is 51.8 Å². The van der Waals surface area contributed by atoms with Crippen molar-refractivity contribution in [3.63, 3.8) is 0 Å². The van der Waals surface area contributed by atoms with Gasteiger partial charge in [0.2, 0.25) is 0 Å². The Bertz CT molecular complexity index is 679. The predicted molar refractivity (Wildman–Crippen MR) is 84.5 cm³/mol. The number of pyridine rings is 2. The molecule has 3 heteroatoms. The minimum atomic E-state index is -0.0227. The maximum absolute atomic E-state index is 6.23. The summed E-state index contributed by atoms with van der Waals surface area (Å²) >= 11 is 0. The van der Waals surface area contributed by atoms with Gasteiger partial charge in [0.05, 0.1) is 0 Å². The summed E-state index contributed by atoms with van der Waals surface area (Å²) in [6.45, 7) is 0. The molecule has 3 aromatic rings. The fourth-order valence-electron chi connectivity index (χ4n) is 2.34. The predicted octanol–water partition coefficient (Wildman–Crippen LogP) is 3.39. The van der Waals surface area contributed by atoms with Crippen LogP contribution < -0.4 is 5.73 Å². The van der Waals surface area contributed by atoms with Crippen LogP contribution in [0.4, 0.5) is 0 Å². The van der Waals surface area contributed by atoms with E-state index in [1.54, 1.807) is 6.20 Å². The summed E-state index contributed by atoms with van der Waals surface area (Å²) in [6.07, 6.45) is 8.02. The Morgan fingerprint density at radius 1 is 0.810 bits per heavy atom. The first-order chi connectivity index (χ1) is 10.3. The van der Waals surface area contributed by atoms with Gasteiger partial charge in [-0.2, -0.15) is 0 Å². The molecule has 0 spiro atoms. The van der Waals surface area contributed by atoms with Crippen molar-refractivity contribution in [2.45, 2.75) is 12.5 Å². The minimum absolute atomic E-state index is 0.0227. The summed E-state index contributed by atoms with van der Waals surface area (Å²) in [5.74, 6) is 0. The second-order valence-electron chi connectivity index (χ2n) is 5.03. The van der Waals surface area contributed by atoms with Crippen LogP contribution in [0.2, 0.25) is 0 Å². The van der Waals surface area contributed by atoms with E-state index in [1.807, 2.05) is 42.9 Å². The maximum atomic E-state index is 6.23. The average molecular weight is 275 g/mol. The lowest BCUT2D eigenvalue weighted by molar-refractivity contribution is 0.718. The molecule has 21 heavy (non-hydrogen) atoms. The van der Waals surface area contributed by atoms with E-state index in [1.165, 1.54) is 16.7 Å². The molecule has 3 rings (SSSR count). The van der Waals surface area contributed by atoms with Gasteiger partial charge in [0.1, 0.15) is 0 Å². The lowest BCUT2D eigenvalue weighted by Gasteiger charge is -2.12. The summed E-state index contributed by atoms with van der Waals surface area (Å²) < 4.78 is 0. The van der Waals surface area contributed by atoms with E-state index < -0.39 is 0 Å². The van der Waals surface area contributed by atoms with Crippen molar-refractivity contribution < 1.29 is 0 Å². The maximum Gasteiger partial charge on any atom is 0.0351 e. The molecule has 1 atom stereocenters. The first-order valence-corrected chi connectivity index (χ1v) is 6.98. The Morgan fingerprint density at radius 3 is 2.19 bits per heavy atom. The number of hydrogen-bond acceptors (Lipinski definition) is 3. The van der Waals surface area contributed by atoms with Crippen LogP contribution in [0.15, 0.2) is 73.3 Å². The molecule has 1 aromatic carbocycles. The van der Waals surface area contributed by atoms with Crippen molar-refractivity contribution in [3.05, 3.63) is 84.4 Å². The summed E-state index contributed by atoms with van der Waals surface area (Å²) in [7, 11) is 0. The molecular weight excluding hydrogens is 258 g/mol. The van der Waals surface area contributed by atoms with Gasteiger partial charge in [-0.15, -0.1) is 0 Å². The molecule has 0 aliphatic heterocycles. The smallest absolute Gasteiger partial charge is 0.0351 e. The lowest BCUT2D eigenvalue weighted by Crippen LogP contribution is -2.13. The van der Waals surface area contributed by atoms with Gasteiger partial charge in [0.25, 0.3) is 0 Å². The van der Waals surface area contributed by atoms with Crippen LogP contribution in [-0.2, 0) is 6.42 Å². The summed E-state index contributed by atoms with van der Waals surface area (Å²) in [4.78, 5) is 8.15. The first-order valence-electron chi connectivity index (χ1n) is 6.98. The van der Waals surface area contributed by atoms with Gasteiger partial charge in [-0.25, -0.2) is 0 Å². The molecule has 3 nitrogen and oxygen atoms in total. The Hall–Kier alpha value is -2.52. The third-order valence-electron chi connectivity index (χ3n) is 3.54. The summed E-state index contributed by atoms with van der Waals surface area (Å²) in [5, 5.41) is 0. The quantitative estimate of drug-likeness (QED) is 0.794. The van der Waals surface area contributed by atoms with Crippen LogP contribution in [0.1, 0.15) is 17.2 Å². The zero-order valence-electron chi connectivity index (χ0n) is 11.7.